The van der Waals surface area contributed by atoms with E-state index in [0.29, 0.717) is 17.5 Å². The van der Waals surface area contributed by atoms with Crippen molar-refractivity contribution in [2.75, 3.05) is 11.9 Å². The van der Waals surface area contributed by atoms with Crippen LogP contribution in [0.5, 0.6) is 5.88 Å². The molecular weight excluding hydrogens is 394 g/mol. The lowest BCUT2D eigenvalue weighted by atomic mass is 10.1. The third kappa shape index (κ3) is 6.12. The summed E-state index contributed by atoms with van der Waals surface area (Å²) in [6, 6.07) is 3.99. The minimum atomic E-state index is -2.64. The van der Waals surface area contributed by atoms with E-state index in [-0.39, 0.29) is 22.6 Å². The third-order valence-electron chi connectivity index (χ3n) is 3.63. The van der Waals surface area contributed by atoms with Crippen LogP contribution in [0.3, 0.4) is 0 Å². The molecule has 2 rings (SSSR count). The number of carbonyl (C=O) groups is 2. The van der Waals surface area contributed by atoms with Crippen molar-refractivity contribution in [3.63, 3.8) is 0 Å². The van der Waals surface area contributed by atoms with E-state index in [4.69, 9.17) is 16.3 Å². The molecule has 0 aromatic carbocycles. The SMILES string of the molecule is CCC(=O)Nc1cc(C(=O)NC(C)c2cnc(OCC(F)F)c(Cl)c2)ccn1. The summed E-state index contributed by atoms with van der Waals surface area (Å²) in [7, 11) is 0. The van der Waals surface area contributed by atoms with Gasteiger partial charge in [0.25, 0.3) is 12.3 Å². The minimum Gasteiger partial charge on any atom is -0.471 e. The van der Waals surface area contributed by atoms with Crippen LogP contribution in [0.25, 0.3) is 0 Å². The van der Waals surface area contributed by atoms with Gasteiger partial charge in [0.1, 0.15) is 10.8 Å². The second-order valence-electron chi connectivity index (χ2n) is 5.78. The number of amides is 2. The van der Waals surface area contributed by atoms with Crippen LogP contribution in [0, 0.1) is 0 Å². The van der Waals surface area contributed by atoms with Gasteiger partial charge in [-0.2, -0.15) is 0 Å². The molecule has 10 heteroatoms. The van der Waals surface area contributed by atoms with Crippen molar-refractivity contribution in [2.24, 2.45) is 0 Å². The summed E-state index contributed by atoms with van der Waals surface area (Å²) >= 11 is 6.00. The first-order valence-corrected chi connectivity index (χ1v) is 8.81. The summed E-state index contributed by atoms with van der Waals surface area (Å²) < 4.78 is 29.2. The molecule has 0 spiro atoms. The Kier molecular flexibility index (Phi) is 7.62. The van der Waals surface area contributed by atoms with Gasteiger partial charge in [0.2, 0.25) is 11.8 Å². The number of aromatic nitrogens is 2. The number of ether oxygens (including phenoxy) is 1. The van der Waals surface area contributed by atoms with Gasteiger partial charge in [-0.1, -0.05) is 18.5 Å². The number of rotatable bonds is 8. The third-order valence-corrected chi connectivity index (χ3v) is 3.90. The van der Waals surface area contributed by atoms with Crippen LogP contribution < -0.4 is 15.4 Å². The molecule has 0 aliphatic rings. The van der Waals surface area contributed by atoms with Gasteiger partial charge in [0, 0.05) is 24.4 Å². The molecule has 150 valence electrons. The Morgan fingerprint density at radius 2 is 2.04 bits per heavy atom. The van der Waals surface area contributed by atoms with Crippen molar-refractivity contribution in [1.82, 2.24) is 15.3 Å². The molecule has 7 nitrogen and oxygen atoms in total. The van der Waals surface area contributed by atoms with E-state index in [0.717, 1.165) is 0 Å². The Balaban J connectivity index is 2.05. The smallest absolute Gasteiger partial charge is 0.272 e. The van der Waals surface area contributed by atoms with Crippen molar-refractivity contribution < 1.29 is 23.1 Å². The van der Waals surface area contributed by atoms with Crippen molar-refractivity contribution in [3.8, 4) is 5.88 Å². The van der Waals surface area contributed by atoms with Gasteiger partial charge in [0.05, 0.1) is 6.04 Å². The van der Waals surface area contributed by atoms with Gasteiger partial charge >= 0.3 is 0 Å². The second kappa shape index (κ2) is 9.93. The Morgan fingerprint density at radius 1 is 1.29 bits per heavy atom. The van der Waals surface area contributed by atoms with Gasteiger partial charge in [-0.3, -0.25) is 9.59 Å². The van der Waals surface area contributed by atoms with Gasteiger partial charge in [-0.05, 0) is 30.7 Å². The largest absolute Gasteiger partial charge is 0.471 e. The number of nitrogens with one attached hydrogen (secondary N) is 2. The maximum Gasteiger partial charge on any atom is 0.272 e. The normalized spacial score (nSPS) is 11.8. The van der Waals surface area contributed by atoms with E-state index in [1.54, 1.807) is 13.8 Å². The van der Waals surface area contributed by atoms with Crippen LogP contribution in [-0.4, -0.2) is 34.8 Å². The average Bonchev–Trinajstić information content (AvgIpc) is 2.66. The second-order valence-corrected chi connectivity index (χ2v) is 6.19. The number of halogens is 3. The number of carbonyl (C=O) groups excluding carboxylic acids is 2. The summed E-state index contributed by atoms with van der Waals surface area (Å²) in [4.78, 5) is 31.8. The number of anilines is 1. The highest BCUT2D eigenvalue weighted by Gasteiger charge is 2.16. The molecule has 1 unspecified atom stereocenters. The monoisotopic (exact) mass is 412 g/mol. The first-order valence-electron chi connectivity index (χ1n) is 8.43. The van der Waals surface area contributed by atoms with Gasteiger partial charge in [-0.25, -0.2) is 18.7 Å². The molecule has 1 atom stereocenters. The molecule has 0 saturated carbocycles. The van der Waals surface area contributed by atoms with Crippen LogP contribution in [0.1, 0.15) is 42.2 Å². The molecule has 0 radical (unpaired) electrons. The fourth-order valence-corrected chi connectivity index (χ4v) is 2.39. The highest BCUT2D eigenvalue weighted by molar-refractivity contribution is 6.31. The Morgan fingerprint density at radius 3 is 2.68 bits per heavy atom. The molecule has 2 amide bonds. The zero-order valence-electron chi connectivity index (χ0n) is 15.2. The Bertz CT molecular complexity index is 851. The highest BCUT2D eigenvalue weighted by atomic mass is 35.5. The van der Waals surface area contributed by atoms with Crippen molar-refractivity contribution in [2.45, 2.75) is 32.7 Å². The fourth-order valence-electron chi connectivity index (χ4n) is 2.16. The average molecular weight is 413 g/mol. The maximum atomic E-state index is 12.5. The lowest BCUT2D eigenvalue weighted by Crippen LogP contribution is -2.27. The van der Waals surface area contributed by atoms with Crippen LogP contribution >= 0.6 is 11.6 Å². The molecule has 2 N–H and O–H groups in total. The quantitative estimate of drug-likeness (QED) is 0.690. The first-order chi connectivity index (χ1) is 13.3. The fraction of sp³-hybridized carbons (Fsp3) is 0.333. The van der Waals surface area contributed by atoms with E-state index in [1.165, 1.54) is 30.6 Å². The van der Waals surface area contributed by atoms with Crippen LogP contribution in [0.2, 0.25) is 5.02 Å². The van der Waals surface area contributed by atoms with Crippen molar-refractivity contribution >= 4 is 29.2 Å². The standard InChI is InChI=1S/C18H19ClF2N4O3/c1-3-16(26)25-15-7-11(4-5-22-15)17(27)24-10(2)12-6-13(19)18(23-8-12)28-9-14(20)21/h4-8,10,14H,3,9H2,1-2H3,(H,24,27)(H,22,25,26). The molecule has 0 saturated heterocycles. The molecule has 2 aromatic heterocycles. The number of nitrogens with zero attached hydrogens (tertiary/aromatic N) is 2. The van der Waals surface area contributed by atoms with Crippen LogP contribution in [0.15, 0.2) is 30.6 Å². The number of alkyl halides is 2. The van der Waals surface area contributed by atoms with Crippen LogP contribution in [-0.2, 0) is 4.79 Å². The van der Waals surface area contributed by atoms with Crippen molar-refractivity contribution in [3.05, 3.63) is 46.7 Å². The number of hydrogen-bond donors (Lipinski definition) is 2. The highest BCUT2D eigenvalue weighted by Crippen LogP contribution is 2.25. The van der Waals surface area contributed by atoms with E-state index in [9.17, 15) is 18.4 Å². The summed E-state index contributed by atoms with van der Waals surface area (Å²) in [5.74, 6) is -0.434. The molecule has 28 heavy (non-hydrogen) atoms. The molecule has 0 bridgehead atoms. The predicted molar refractivity (Wildman–Crippen MR) is 99.8 cm³/mol. The molecular formula is C18H19ClF2N4O3. The molecule has 0 aliphatic heterocycles. The predicted octanol–water partition coefficient (Wildman–Crippen LogP) is 3.61. The summed E-state index contributed by atoms with van der Waals surface area (Å²) in [5, 5.41) is 5.41. The lowest BCUT2D eigenvalue weighted by molar-refractivity contribution is -0.115. The zero-order valence-corrected chi connectivity index (χ0v) is 16.0. The van der Waals surface area contributed by atoms with Crippen LogP contribution in [0.4, 0.5) is 14.6 Å². The van der Waals surface area contributed by atoms with Gasteiger partial charge in [0.15, 0.2) is 6.61 Å². The summed E-state index contributed by atoms with van der Waals surface area (Å²) in [5.41, 5.74) is 0.875. The van der Waals surface area contributed by atoms with E-state index < -0.39 is 25.0 Å². The topological polar surface area (TPSA) is 93.2 Å². The van der Waals surface area contributed by atoms with Crippen molar-refractivity contribution in [1.29, 1.82) is 0 Å². The minimum absolute atomic E-state index is 0.0627. The van der Waals surface area contributed by atoms with E-state index >= 15 is 0 Å². The maximum absolute atomic E-state index is 12.5. The Labute approximate surface area is 165 Å². The lowest BCUT2D eigenvalue weighted by Gasteiger charge is -2.16. The number of pyridine rings is 2. The molecule has 2 aromatic rings. The zero-order chi connectivity index (χ0) is 20.7. The van der Waals surface area contributed by atoms with Gasteiger partial charge in [-0.15, -0.1) is 0 Å². The Hall–Kier alpha value is -2.81. The van der Waals surface area contributed by atoms with E-state index in [2.05, 4.69) is 20.6 Å². The summed E-state index contributed by atoms with van der Waals surface area (Å²) in [6.45, 7) is 2.61. The molecule has 0 aliphatic carbocycles. The number of hydrogen-bond acceptors (Lipinski definition) is 5. The van der Waals surface area contributed by atoms with E-state index in [1.807, 2.05) is 0 Å². The molecule has 2 heterocycles. The summed E-state index contributed by atoms with van der Waals surface area (Å²) in [6.07, 6.45) is 0.457. The van der Waals surface area contributed by atoms with Gasteiger partial charge < -0.3 is 15.4 Å². The first kappa shape index (κ1) is 21.5. The molecule has 0 fully saturated rings.